The van der Waals surface area contributed by atoms with E-state index in [4.69, 9.17) is 16.3 Å². The molecule has 0 saturated heterocycles. The third kappa shape index (κ3) is 3.52. The first kappa shape index (κ1) is 14.4. The Hall–Kier alpha value is -0.990. The molecule has 1 heterocycles. The summed E-state index contributed by atoms with van der Waals surface area (Å²) in [7, 11) is 0. The topological polar surface area (TPSA) is 9.23 Å². The van der Waals surface area contributed by atoms with Gasteiger partial charge in [0.15, 0.2) is 0 Å². The second-order valence-corrected chi connectivity index (χ2v) is 6.41. The molecule has 0 fully saturated rings. The molecule has 19 heavy (non-hydrogen) atoms. The molecule has 1 aromatic carbocycles. The molecule has 0 aliphatic carbocycles. The van der Waals surface area contributed by atoms with Crippen molar-refractivity contribution in [1.29, 1.82) is 0 Å². The van der Waals surface area contributed by atoms with Crippen molar-refractivity contribution in [1.82, 2.24) is 0 Å². The lowest BCUT2D eigenvalue weighted by molar-refractivity contribution is 0.317. The van der Waals surface area contributed by atoms with Crippen LogP contribution in [0.25, 0.3) is 0 Å². The minimum atomic E-state index is -0.0936. The lowest BCUT2D eigenvalue weighted by atomic mass is 10.1. The van der Waals surface area contributed by atoms with E-state index in [1.54, 1.807) is 11.3 Å². The third-order valence-corrected chi connectivity index (χ3v) is 4.75. The number of rotatable bonds is 5. The minimum absolute atomic E-state index is 0.0936. The quantitative estimate of drug-likeness (QED) is 0.663. The predicted octanol–water partition coefficient (Wildman–Crippen LogP) is 5.48. The maximum atomic E-state index is 6.61. The smallest absolute Gasteiger partial charge is 0.119 e. The Morgan fingerprint density at radius 1 is 1.26 bits per heavy atom. The lowest BCUT2D eigenvalue weighted by Gasteiger charge is -2.11. The van der Waals surface area contributed by atoms with E-state index in [2.05, 4.69) is 32.9 Å². The van der Waals surface area contributed by atoms with Gasteiger partial charge in [0.2, 0.25) is 0 Å². The van der Waals surface area contributed by atoms with Crippen molar-refractivity contribution in [3.63, 3.8) is 0 Å². The van der Waals surface area contributed by atoms with Crippen LogP contribution < -0.4 is 4.74 Å². The summed E-state index contributed by atoms with van der Waals surface area (Å²) in [6.07, 6.45) is 1.01. The van der Waals surface area contributed by atoms with E-state index in [-0.39, 0.29) is 5.38 Å². The molecule has 2 aromatic rings. The highest BCUT2D eigenvalue weighted by atomic mass is 35.5. The normalized spacial score (nSPS) is 12.4. The van der Waals surface area contributed by atoms with Gasteiger partial charge >= 0.3 is 0 Å². The molecule has 0 amide bonds. The summed E-state index contributed by atoms with van der Waals surface area (Å²) in [4.78, 5) is 2.53. The minimum Gasteiger partial charge on any atom is -0.494 e. The van der Waals surface area contributed by atoms with E-state index in [1.807, 2.05) is 18.2 Å². The molecule has 0 spiro atoms. The number of hydrogen-bond donors (Lipinski definition) is 0. The van der Waals surface area contributed by atoms with Crippen molar-refractivity contribution < 1.29 is 4.74 Å². The zero-order valence-corrected chi connectivity index (χ0v) is 13.1. The van der Waals surface area contributed by atoms with Crippen LogP contribution in [0.3, 0.4) is 0 Å². The second-order valence-electron chi connectivity index (χ2n) is 4.69. The highest BCUT2D eigenvalue weighted by Crippen LogP contribution is 2.37. The Morgan fingerprint density at radius 2 is 2.05 bits per heavy atom. The van der Waals surface area contributed by atoms with Crippen molar-refractivity contribution in [2.45, 2.75) is 32.6 Å². The molecule has 1 nitrogen and oxygen atoms in total. The van der Waals surface area contributed by atoms with Crippen molar-refractivity contribution in [2.24, 2.45) is 0 Å². The zero-order valence-electron chi connectivity index (χ0n) is 11.6. The van der Waals surface area contributed by atoms with Crippen molar-refractivity contribution in [2.75, 3.05) is 6.61 Å². The fourth-order valence-corrected chi connectivity index (χ4v) is 3.53. The Kier molecular flexibility index (Phi) is 4.89. The van der Waals surface area contributed by atoms with Crippen LogP contribution in [-0.2, 0) is 0 Å². The molecule has 1 aromatic heterocycles. The van der Waals surface area contributed by atoms with Gasteiger partial charge in [-0.1, -0.05) is 19.1 Å². The molecular weight excluding hydrogens is 276 g/mol. The molecule has 102 valence electrons. The highest BCUT2D eigenvalue weighted by Gasteiger charge is 2.16. The van der Waals surface area contributed by atoms with Gasteiger partial charge in [0.25, 0.3) is 0 Å². The maximum Gasteiger partial charge on any atom is 0.119 e. The molecule has 0 aliphatic rings. The number of halogens is 1. The monoisotopic (exact) mass is 294 g/mol. The van der Waals surface area contributed by atoms with Crippen molar-refractivity contribution >= 4 is 22.9 Å². The maximum absolute atomic E-state index is 6.61. The number of thiophene rings is 1. The van der Waals surface area contributed by atoms with Crippen LogP contribution in [0.1, 0.15) is 39.6 Å². The third-order valence-electron chi connectivity index (χ3n) is 2.93. The van der Waals surface area contributed by atoms with Crippen LogP contribution in [0.5, 0.6) is 5.75 Å². The molecule has 0 N–H and O–H groups in total. The van der Waals surface area contributed by atoms with Crippen LogP contribution >= 0.6 is 22.9 Å². The van der Waals surface area contributed by atoms with Gasteiger partial charge in [0.1, 0.15) is 5.75 Å². The van der Waals surface area contributed by atoms with Gasteiger partial charge in [-0.3, -0.25) is 0 Å². The zero-order chi connectivity index (χ0) is 13.8. The summed E-state index contributed by atoms with van der Waals surface area (Å²) in [5, 5.41) is -0.0936. The summed E-state index contributed by atoms with van der Waals surface area (Å²) >= 11 is 8.38. The second kappa shape index (κ2) is 6.44. The molecular formula is C16H19ClOS. The van der Waals surface area contributed by atoms with Gasteiger partial charge in [-0.2, -0.15) is 0 Å². The molecule has 0 aliphatic heterocycles. The van der Waals surface area contributed by atoms with E-state index < -0.39 is 0 Å². The van der Waals surface area contributed by atoms with Crippen LogP contribution in [0.15, 0.2) is 30.3 Å². The molecule has 3 heteroatoms. The van der Waals surface area contributed by atoms with Crippen LogP contribution in [0, 0.1) is 13.8 Å². The van der Waals surface area contributed by atoms with Gasteiger partial charge in [0, 0.05) is 9.75 Å². The molecule has 1 atom stereocenters. The van der Waals surface area contributed by atoms with Crippen LogP contribution in [0.4, 0.5) is 0 Å². The number of benzene rings is 1. The lowest BCUT2D eigenvalue weighted by Crippen LogP contribution is -1.97. The summed E-state index contributed by atoms with van der Waals surface area (Å²) in [5.74, 6) is 0.899. The fraction of sp³-hybridized carbons (Fsp3) is 0.375. The molecule has 0 bridgehead atoms. The Bertz CT molecular complexity index is 547. The Morgan fingerprint density at radius 3 is 2.68 bits per heavy atom. The number of aryl methyl sites for hydroxylation is 2. The predicted molar refractivity (Wildman–Crippen MR) is 83.7 cm³/mol. The molecule has 0 radical (unpaired) electrons. The first-order chi connectivity index (χ1) is 9.11. The van der Waals surface area contributed by atoms with E-state index in [1.165, 1.54) is 15.3 Å². The summed E-state index contributed by atoms with van der Waals surface area (Å²) in [6, 6.07) is 10.3. The molecule has 1 unspecified atom stereocenters. The van der Waals surface area contributed by atoms with Gasteiger partial charge < -0.3 is 4.74 Å². The number of alkyl halides is 1. The SMILES string of the molecule is CCCOc1cccc(C(Cl)c2sc(C)cc2C)c1. The first-order valence-corrected chi connectivity index (χ1v) is 7.81. The molecule has 2 rings (SSSR count). The van der Waals surface area contributed by atoms with Gasteiger partial charge in [-0.25, -0.2) is 0 Å². The van der Waals surface area contributed by atoms with Crippen molar-refractivity contribution in [3.8, 4) is 5.75 Å². The summed E-state index contributed by atoms with van der Waals surface area (Å²) in [5.41, 5.74) is 2.36. The average molecular weight is 295 g/mol. The van der Waals surface area contributed by atoms with Gasteiger partial charge in [0.05, 0.1) is 12.0 Å². The summed E-state index contributed by atoms with van der Waals surface area (Å²) < 4.78 is 5.66. The van der Waals surface area contributed by atoms with Crippen LogP contribution in [0.2, 0.25) is 0 Å². The largest absolute Gasteiger partial charge is 0.494 e. The Labute approximate surface area is 124 Å². The Balaban J connectivity index is 2.23. The van der Waals surface area contributed by atoms with E-state index >= 15 is 0 Å². The van der Waals surface area contributed by atoms with E-state index in [0.29, 0.717) is 0 Å². The van der Waals surface area contributed by atoms with E-state index in [0.717, 1.165) is 24.3 Å². The first-order valence-electron chi connectivity index (χ1n) is 6.55. The molecule has 0 saturated carbocycles. The van der Waals surface area contributed by atoms with Crippen LogP contribution in [-0.4, -0.2) is 6.61 Å². The average Bonchev–Trinajstić information content (AvgIpc) is 2.75. The van der Waals surface area contributed by atoms with Gasteiger partial charge in [-0.05, 0) is 49.6 Å². The van der Waals surface area contributed by atoms with Gasteiger partial charge in [-0.15, -0.1) is 22.9 Å². The number of ether oxygens (including phenoxy) is 1. The standard InChI is InChI=1S/C16H19ClOS/c1-4-8-18-14-7-5-6-13(10-14)15(17)16-11(2)9-12(3)19-16/h5-7,9-10,15H,4,8H2,1-3H3. The van der Waals surface area contributed by atoms with E-state index in [9.17, 15) is 0 Å². The highest BCUT2D eigenvalue weighted by molar-refractivity contribution is 7.12. The van der Waals surface area contributed by atoms with Crippen molar-refractivity contribution in [3.05, 3.63) is 51.2 Å². The summed E-state index contributed by atoms with van der Waals surface area (Å²) in [6.45, 7) is 7.08. The number of hydrogen-bond acceptors (Lipinski definition) is 2. The fourth-order valence-electron chi connectivity index (χ4n) is 2.04.